The van der Waals surface area contributed by atoms with Crippen molar-refractivity contribution in [1.29, 1.82) is 5.26 Å². The Kier molecular flexibility index (Phi) is 10.3. The van der Waals surface area contributed by atoms with Crippen molar-refractivity contribution in [2.75, 3.05) is 6.61 Å². The maximum atomic E-state index is 10.2. The van der Waals surface area contributed by atoms with Crippen molar-refractivity contribution in [3.63, 3.8) is 0 Å². The van der Waals surface area contributed by atoms with E-state index in [9.17, 15) is 9.59 Å². The lowest BCUT2D eigenvalue weighted by Gasteiger charge is -1.97. The molecule has 0 spiro atoms. The molecule has 0 aliphatic carbocycles. The van der Waals surface area contributed by atoms with E-state index < -0.39 is 12.1 Å². The molecule has 0 heterocycles. The monoisotopic (exact) mass is 173 g/mol. The topological polar surface area (TPSA) is 76.4 Å². The summed E-state index contributed by atoms with van der Waals surface area (Å²) < 4.78 is 8.26. The van der Waals surface area contributed by atoms with Gasteiger partial charge in [0, 0.05) is 13.8 Å². The Labute approximate surface area is 70.9 Å². The van der Waals surface area contributed by atoms with Crippen LogP contribution in [-0.2, 0) is 14.3 Å². The minimum atomic E-state index is -0.940. The molecule has 0 saturated heterocycles. The summed E-state index contributed by atoms with van der Waals surface area (Å²) in [6, 6.07) is 1.75. The summed E-state index contributed by atoms with van der Waals surface area (Å²) in [6.07, 6.45) is -0.940. The molecule has 0 rings (SSSR count). The molecule has 5 heteroatoms. The summed E-state index contributed by atoms with van der Waals surface area (Å²) >= 11 is 0. The van der Waals surface area contributed by atoms with Gasteiger partial charge in [-0.25, -0.2) is 4.79 Å². The first kappa shape index (κ1) is 13.1. The van der Waals surface area contributed by atoms with Gasteiger partial charge in [-0.1, -0.05) is 0 Å². The fraction of sp³-hybridized carbons (Fsp3) is 0.571. The molecular weight excluding hydrogens is 162 g/mol. The highest BCUT2D eigenvalue weighted by Crippen LogP contribution is 1.83. The smallest absolute Gasteiger partial charge is 0.434 e. The van der Waals surface area contributed by atoms with Crippen LogP contribution in [-0.4, -0.2) is 18.7 Å². The summed E-state index contributed by atoms with van der Waals surface area (Å²) in [4.78, 5) is 20.2. The van der Waals surface area contributed by atoms with Crippen LogP contribution in [0.4, 0.5) is 4.79 Å². The van der Waals surface area contributed by atoms with E-state index >= 15 is 0 Å². The fourth-order valence-electron chi connectivity index (χ4n) is 0.265. The van der Waals surface area contributed by atoms with Gasteiger partial charge in [-0.3, -0.25) is 4.79 Å². The Balaban J connectivity index is 0. The molecule has 12 heavy (non-hydrogen) atoms. The Hall–Kier alpha value is -1.57. The second kappa shape index (κ2) is 9.43. The molecule has 0 N–H and O–H groups in total. The molecule has 0 radical (unpaired) electrons. The zero-order valence-electron chi connectivity index (χ0n) is 7.29. The summed E-state index contributed by atoms with van der Waals surface area (Å²) in [5.74, 6) is -0.659. The van der Waals surface area contributed by atoms with Crippen molar-refractivity contribution < 1.29 is 19.1 Å². The van der Waals surface area contributed by atoms with Crippen molar-refractivity contribution in [3.8, 4) is 6.07 Å². The Morgan fingerprint density at radius 3 is 2.17 bits per heavy atom. The molecule has 0 amide bonds. The van der Waals surface area contributed by atoms with Crippen LogP contribution in [0.3, 0.4) is 0 Å². The highest BCUT2D eigenvalue weighted by atomic mass is 16.7. The van der Waals surface area contributed by atoms with Gasteiger partial charge in [0.25, 0.3) is 0 Å². The molecule has 0 atom stereocenters. The van der Waals surface area contributed by atoms with Gasteiger partial charge in [0.2, 0.25) is 0 Å². The van der Waals surface area contributed by atoms with Crippen molar-refractivity contribution in [2.24, 2.45) is 0 Å². The number of nitriles is 1. The number of carbonyl (C=O) groups excluding carboxylic acids is 2. The highest BCUT2D eigenvalue weighted by molar-refractivity contribution is 5.79. The summed E-state index contributed by atoms with van der Waals surface area (Å²) in [5.41, 5.74) is 0. The SMILES string of the molecule is CC#N.CCOC(=O)OC(C)=O. The summed E-state index contributed by atoms with van der Waals surface area (Å²) in [6.45, 7) is 4.41. The number of carbonyl (C=O) groups is 2. The number of hydrogen-bond acceptors (Lipinski definition) is 5. The van der Waals surface area contributed by atoms with Gasteiger partial charge in [-0.15, -0.1) is 0 Å². The van der Waals surface area contributed by atoms with Gasteiger partial charge in [0.05, 0.1) is 12.7 Å². The Morgan fingerprint density at radius 1 is 1.50 bits per heavy atom. The highest BCUT2D eigenvalue weighted by Gasteiger charge is 2.03. The van der Waals surface area contributed by atoms with Crippen LogP contribution in [0.2, 0.25) is 0 Å². The van der Waals surface area contributed by atoms with Crippen LogP contribution in [0.15, 0.2) is 0 Å². The second-order valence-corrected chi connectivity index (χ2v) is 1.50. The lowest BCUT2D eigenvalue weighted by Crippen LogP contribution is -2.10. The van der Waals surface area contributed by atoms with E-state index in [2.05, 4.69) is 9.47 Å². The van der Waals surface area contributed by atoms with Crippen LogP contribution < -0.4 is 0 Å². The zero-order chi connectivity index (χ0) is 9.98. The van der Waals surface area contributed by atoms with Crippen molar-refractivity contribution in [1.82, 2.24) is 0 Å². The minimum absolute atomic E-state index is 0.214. The normalized spacial score (nSPS) is 6.83. The lowest BCUT2D eigenvalue weighted by atomic mass is 10.8. The number of esters is 1. The van der Waals surface area contributed by atoms with Crippen LogP contribution in [0.1, 0.15) is 20.8 Å². The molecule has 68 valence electrons. The van der Waals surface area contributed by atoms with E-state index in [0.717, 1.165) is 6.92 Å². The third-order valence-electron chi connectivity index (χ3n) is 0.489. The van der Waals surface area contributed by atoms with E-state index in [1.807, 2.05) is 0 Å². The molecule has 5 nitrogen and oxygen atoms in total. The van der Waals surface area contributed by atoms with Gasteiger partial charge in [0.1, 0.15) is 0 Å². The predicted molar refractivity (Wildman–Crippen MR) is 40.1 cm³/mol. The summed E-state index contributed by atoms with van der Waals surface area (Å²) in [7, 11) is 0. The molecule has 0 aliphatic heterocycles. The van der Waals surface area contributed by atoms with E-state index in [1.165, 1.54) is 6.92 Å². The Morgan fingerprint density at radius 2 is 1.92 bits per heavy atom. The third-order valence-corrected chi connectivity index (χ3v) is 0.489. The van der Waals surface area contributed by atoms with Crippen LogP contribution in [0, 0.1) is 11.3 Å². The second-order valence-electron chi connectivity index (χ2n) is 1.50. The number of nitrogens with zero attached hydrogens (tertiary/aromatic N) is 1. The molecule has 0 fully saturated rings. The predicted octanol–water partition coefficient (Wildman–Crippen LogP) is 1.24. The van der Waals surface area contributed by atoms with Gasteiger partial charge in [-0.2, -0.15) is 5.26 Å². The van der Waals surface area contributed by atoms with Gasteiger partial charge >= 0.3 is 12.1 Å². The average Bonchev–Trinajstić information content (AvgIpc) is 1.87. The van der Waals surface area contributed by atoms with Crippen LogP contribution in [0.25, 0.3) is 0 Å². The van der Waals surface area contributed by atoms with Crippen LogP contribution in [0.5, 0.6) is 0 Å². The average molecular weight is 173 g/mol. The van der Waals surface area contributed by atoms with E-state index in [1.54, 1.807) is 13.0 Å². The molecule has 0 aromatic carbocycles. The molecule has 0 aromatic rings. The van der Waals surface area contributed by atoms with Crippen molar-refractivity contribution >= 4 is 12.1 Å². The first-order valence-electron chi connectivity index (χ1n) is 3.24. The van der Waals surface area contributed by atoms with E-state index in [0.29, 0.717) is 0 Å². The standard InChI is InChI=1S/C5H8O4.C2H3N/c1-3-8-5(7)9-4(2)6;1-2-3/h3H2,1-2H3;1H3. The molecular formula is C7H11NO4. The number of rotatable bonds is 1. The number of ether oxygens (including phenoxy) is 2. The third kappa shape index (κ3) is 15.8. The van der Waals surface area contributed by atoms with Gasteiger partial charge < -0.3 is 9.47 Å². The largest absolute Gasteiger partial charge is 0.516 e. The first-order valence-corrected chi connectivity index (χ1v) is 3.24. The quantitative estimate of drug-likeness (QED) is 0.440. The molecule has 0 bridgehead atoms. The first-order chi connectivity index (χ1) is 5.58. The number of hydrogen-bond donors (Lipinski definition) is 0. The lowest BCUT2D eigenvalue weighted by molar-refractivity contribution is -0.137. The van der Waals surface area contributed by atoms with Crippen molar-refractivity contribution in [3.05, 3.63) is 0 Å². The molecule has 0 aliphatic rings. The van der Waals surface area contributed by atoms with Crippen molar-refractivity contribution in [2.45, 2.75) is 20.8 Å². The minimum Gasteiger partial charge on any atom is -0.434 e. The fourth-order valence-corrected chi connectivity index (χ4v) is 0.265. The maximum Gasteiger partial charge on any atom is 0.516 e. The molecule has 0 aromatic heterocycles. The van der Waals surface area contributed by atoms with Gasteiger partial charge in [0.15, 0.2) is 0 Å². The Bertz CT molecular complexity index is 182. The zero-order valence-corrected chi connectivity index (χ0v) is 7.29. The molecule has 0 unspecified atom stereocenters. The maximum absolute atomic E-state index is 10.2. The van der Waals surface area contributed by atoms with E-state index in [-0.39, 0.29) is 6.61 Å². The van der Waals surface area contributed by atoms with Crippen LogP contribution >= 0.6 is 0 Å². The van der Waals surface area contributed by atoms with E-state index in [4.69, 9.17) is 5.26 Å². The summed E-state index contributed by atoms with van der Waals surface area (Å²) in [5, 5.41) is 7.32. The van der Waals surface area contributed by atoms with Gasteiger partial charge in [-0.05, 0) is 6.92 Å². The molecule has 0 saturated carbocycles.